The molecule has 0 aliphatic rings. The predicted octanol–water partition coefficient (Wildman–Crippen LogP) is -0.711. The summed E-state index contributed by atoms with van der Waals surface area (Å²) in [4.78, 5) is 22.4. The Bertz CT molecular complexity index is 376. The highest BCUT2D eigenvalue weighted by atomic mass is 16.4. The predicted molar refractivity (Wildman–Crippen MR) is 56.8 cm³/mol. The summed E-state index contributed by atoms with van der Waals surface area (Å²) in [5.74, 6) is -1.53. The van der Waals surface area contributed by atoms with Gasteiger partial charge in [-0.15, -0.1) is 5.10 Å². The number of aromatic nitrogens is 4. The Morgan fingerprint density at radius 3 is 2.65 bits per heavy atom. The van der Waals surface area contributed by atoms with Crippen LogP contribution in [0.25, 0.3) is 0 Å². The second kappa shape index (κ2) is 5.92. The molecule has 0 bridgehead atoms. The van der Waals surface area contributed by atoms with Gasteiger partial charge in [-0.3, -0.25) is 4.79 Å². The Morgan fingerprint density at radius 1 is 1.47 bits per heavy atom. The van der Waals surface area contributed by atoms with Gasteiger partial charge in [0, 0.05) is 6.42 Å². The average Bonchev–Trinajstić information content (AvgIpc) is 2.74. The molecule has 0 radical (unpaired) electrons. The number of nitrogens with zero attached hydrogens (tertiary/aromatic N) is 4. The van der Waals surface area contributed by atoms with E-state index in [-0.39, 0.29) is 18.2 Å². The molecule has 0 aromatic carbocycles. The van der Waals surface area contributed by atoms with Crippen molar-refractivity contribution in [3.63, 3.8) is 0 Å². The molecule has 8 heteroatoms. The maximum atomic E-state index is 11.5. The molecule has 0 unspecified atom stereocenters. The zero-order valence-corrected chi connectivity index (χ0v) is 9.70. The van der Waals surface area contributed by atoms with Gasteiger partial charge in [0.05, 0.1) is 6.54 Å². The molecule has 1 rings (SSSR count). The largest absolute Gasteiger partial charge is 0.480 e. The first kappa shape index (κ1) is 13.1. The molecule has 1 atom stereocenters. The van der Waals surface area contributed by atoms with Crippen molar-refractivity contribution in [3.05, 3.63) is 6.33 Å². The van der Waals surface area contributed by atoms with Crippen molar-refractivity contribution in [2.75, 3.05) is 0 Å². The Kier molecular flexibility index (Phi) is 4.56. The zero-order valence-electron chi connectivity index (χ0n) is 9.70. The number of hydrogen-bond donors (Lipinski definition) is 2. The number of rotatable bonds is 6. The van der Waals surface area contributed by atoms with Crippen LogP contribution >= 0.6 is 0 Å². The van der Waals surface area contributed by atoms with Crippen LogP contribution in [0.3, 0.4) is 0 Å². The summed E-state index contributed by atoms with van der Waals surface area (Å²) in [6.45, 7) is 3.80. The van der Waals surface area contributed by atoms with Crippen molar-refractivity contribution in [1.82, 2.24) is 25.5 Å². The number of carbonyl (C=O) groups excluding carboxylic acids is 1. The molecule has 1 heterocycles. The molecular formula is C9H15N5O3. The van der Waals surface area contributed by atoms with Crippen molar-refractivity contribution in [3.8, 4) is 0 Å². The molecule has 94 valence electrons. The van der Waals surface area contributed by atoms with Crippen molar-refractivity contribution in [2.45, 2.75) is 32.9 Å². The second-order valence-electron chi connectivity index (χ2n) is 3.95. The number of carbonyl (C=O) groups is 2. The normalized spacial score (nSPS) is 12.4. The standard InChI is InChI=1S/C9H15N5O3/c1-6(2)8(9(16)17)11-7(15)3-4-14-5-10-12-13-14/h5-6,8H,3-4H2,1-2H3,(H,11,15)(H,16,17)/t8-/m0/s1. The van der Waals surface area contributed by atoms with E-state index in [1.54, 1.807) is 13.8 Å². The van der Waals surface area contributed by atoms with Crippen LogP contribution in [0.4, 0.5) is 0 Å². The van der Waals surface area contributed by atoms with E-state index >= 15 is 0 Å². The van der Waals surface area contributed by atoms with Gasteiger partial charge in [0.2, 0.25) is 5.91 Å². The quantitative estimate of drug-likeness (QED) is 0.680. The van der Waals surface area contributed by atoms with Gasteiger partial charge in [-0.2, -0.15) is 0 Å². The Hall–Kier alpha value is -1.99. The van der Waals surface area contributed by atoms with Gasteiger partial charge in [-0.1, -0.05) is 13.8 Å². The van der Waals surface area contributed by atoms with Gasteiger partial charge in [0.1, 0.15) is 12.4 Å². The molecule has 0 fully saturated rings. The van der Waals surface area contributed by atoms with Crippen LogP contribution in [0, 0.1) is 5.92 Å². The summed E-state index contributed by atoms with van der Waals surface area (Å²) < 4.78 is 1.41. The number of nitrogens with one attached hydrogen (secondary N) is 1. The highest BCUT2D eigenvalue weighted by molar-refractivity contribution is 5.83. The second-order valence-corrected chi connectivity index (χ2v) is 3.95. The third-order valence-corrected chi connectivity index (χ3v) is 2.21. The van der Waals surface area contributed by atoms with E-state index < -0.39 is 12.0 Å². The first-order valence-corrected chi connectivity index (χ1v) is 5.23. The molecule has 1 aromatic rings. The fourth-order valence-electron chi connectivity index (χ4n) is 1.26. The molecule has 17 heavy (non-hydrogen) atoms. The van der Waals surface area contributed by atoms with E-state index in [9.17, 15) is 9.59 Å². The number of aryl methyl sites for hydroxylation is 1. The Morgan fingerprint density at radius 2 is 2.18 bits per heavy atom. The lowest BCUT2D eigenvalue weighted by Gasteiger charge is -2.17. The van der Waals surface area contributed by atoms with E-state index in [0.29, 0.717) is 6.54 Å². The molecule has 1 aromatic heterocycles. The molecule has 8 nitrogen and oxygen atoms in total. The molecule has 0 saturated carbocycles. The Labute approximate surface area is 98.0 Å². The summed E-state index contributed by atoms with van der Waals surface area (Å²) in [6.07, 6.45) is 1.53. The van der Waals surface area contributed by atoms with Crippen molar-refractivity contribution >= 4 is 11.9 Å². The van der Waals surface area contributed by atoms with Crippen LogP contribution in [0.15, 0.2) is 6.33 Å². The number of carboxylic acids is 1. The molecule has 2 N–H and O–H groups in total. The van der Waals surface area contributed by atoms with Gasteiger partial charge >= 0.3 is 5.97 Å². The summed E-state index contributed by atoms with van der Waals surface area (Å²) >= 11 is 0. The maximum absolute atomic E-state index is 11.5. The fourth-order valence-corrected chi connectivity index (χ4v) is 1.26. The minimum Gasteiger partial charge on any atom is -0.480 e. The van der Waals surface area contributed by atoms with E-state index in [2.05, 4.69) is 20.8 Å². The lowest BCUT2D eigenvalue weighted by Crippen LogP contribution is -2.44. The fraction of sp³-hybridized carbons (Fsp3) is 0.667. The first-order valence-electron chi connectivity index (χ1n) is 5.23. The van der Waals surface area contributed by atoms with Crippen LogP contribution in [0.2, 0.25) is 0 Å². The lowest BCUT2D eigenvalue weighted by molar-refractivity contribution is -0.143. The summed E-state index contributed by atoms with van der Waals surface area (Å²) in [5.41, 5.74) is 0. The number of tetrazole rings is 1. The van der Waals surface area contributed by atoms with Crippen LogP contribution < -0.4 is 5.32 Å². The minimum absolute atomic E-state index is 0.140. The summed E-state index contributed by atoms with van der Waals surface area (Å²) in [6, 6.07) is -0.864. The van der Waals surface area contributed by atoms with Gasteiger partial charge in [0.25, 0.3) is 0 Å². The number of amides is 1. The third kappa shape index (κ3) is 4.17. The van der Waals surface area contributed by atoms with Gasteiger partial charge in [0.15, 0.2) is 0 Å². The number of carboxylic acid groups (broad SMARTS) is 1. The van der Waals surface area contributed by atoms with Crippen LogP contribution in [0.1, 0.15) is 20.3 Å². The molecule has 0 aliphatic carbocycles. The van der Waals surface area contributed by atoms with Gasteiger partial charge < -0.3 is 10.4 Å². The van der Waals surface area contributed by atoms with Crippen LogP contribution in [-0.2, 0) is 16.1 Å². The van der Waals surface area contributed by atoms with Gasteiger partial charge in [-0.05, 0) is 16.3 Å². The lowest BCUT2D eigenvalue weighted by atomic mass is 10.0. The highest BCUT2D eigenvalue weighted by Gasteiger charge is 2.23. The molecule has 0 saturated heterocycles. The van der Waals surface area contributed by atoms with Crippen molar-refractivity contribution in [1.29, 1.82) is 0 Å². The molecule has 1 amide bonds. The highest BCUT2D eigenvalue weighted by Crippen LogP contribution is 2.02. The van der Waals surface area contributed by atoms with Gasteiger partial charge in [-0.25, -0.2) is 9.48 Å². The van der Waals surface area contributed by atoms with E-state index in [0.717, 1.165) is 0 Å². The SMILES string of the molecule is CC(C)[C@H](NC(=O)CCn1cnnn1)C(=O)O. The first-order chi connectivity index (χ1) is 8.00. The minimum atomic E-state index is -1.03. The number of hydrogen-bond acceptors (Lipinski definition) is 5. The van der Waals surface area contributed by atoms with E-state index in [4.69, 9.17) is 5.11 Å². The third-order valence-electron chi connectivity index (χ3n) is 2.21. The topological polar surface area (TPSA) is 110 Å². The average molecular weight is 241 g/mol. The van der Waals surface area contributed by atoms with Crippen LogP contribution in [0.5, 0.6) is 0 Å². The molecular weight excluding hydrogens is 226 g/mol. The molecule has 0 spiro atoms. The smallest absolute Gasteiger partial charge is 0.326 e. The number of aliphatic carboxylic acids is 1. The van der Waals surface area contributed by atoms with E-state index in [1.807, 2.05) is 0 Å². The zero-order chi connectivity index (χ0) is 12.8. The summed E-state index contributed by atoms with van der Waals surface area (Å²) in [7, 11) is 0. The van der Waals surface area contributed by atoms with E-state index in [1.165, 1.54) is 11.0 Å². The van der Waals surface area contributed by atoms with Crippen LogP contribution in [-0.4, -0.2) is 43.2 Å². The maximum Gasteiger partial charge on any atom is 0.326 e. The Balaban J connectivity index is 2.40. The summed E-state index contributed by atoms with van der Waals surface area (Å²) in [5, 5.41) is 21.8. The van der Waals surface area contributed by atoms with Crippen molar-refractivity contribution in [2.24, 2.45) is 5.92 Å². The van der Waals surface area contributed by atoms with Crippen molar-refractivity contribution < 1.29 is 14.7 Å². The molecule has 0 aliphatic heterocycles. The monoisotopic (exact) mass is 241 g/mol.